The monoisotopic (exact) mass is 702 g/mol. The molecule has 6 aromatic rings. The molecule has 0 unspecified atom stereocenters. The number of benzene rings is 6. The molecule has 0 aliphatic rings. The van der Waals surface area contributed by atoms with Crippen molar-refractivity contribution in [2.24, 2.45) is 0 Å². The minimum atomic E-state index is -4.75. The molecule has 0 bridgehead atoms. The van der Waals surface area contributed by atoms with Crippen LogP contribution < -0.4 is 15.4 Å². The Bertz CT molecular complexity index is 2350. The molecular weight excluding hydrogens is 673 g/mol. The first kappa shape index (κ1) is 33.8. The summed E-state index contributed by atoms with van der Waals surface area (Å²) >= 11 is 0. The lowest BCUT2D eigenvalue weighted by atomic mass is 9.94. The standard InChI is InChI=1S/C35H30N2O10S2/c38-34(37-16-2-15-36-20-28-13-14-30(48(40,41)42)19-31(28)49(43,44)45)25-7-5-22(6-8-25)21-46-35(39)47-29-17-26-11-9-23-3-1-4-24-10-12-27(18-29)33(26)32(23)24/h1,3-14,17-19,36H,2,15-16,20-21H2,(H,37,38)(H,40,41,42)(H,43,44,45). The summed E-state index contributed by atoms with van der Waals surface area (Å²) in [6.45, 7) is 0.565. The normalized spacial score (nSPS) is 12.0. The lowest BCUT2D eigenvalue weighted by Crippen LogP contribution is -2.27. The fourth-order valence-corrected chi connectivity index (χ4v) is 6.96. The van der Waals surface area contributed by atoms with Gasteiger partial charge in [-0.3, -0.25) is 13.9 Å². The first-order chi connectivity index (χ1) is 23.4. The van der Waals surface area contributed by atoms with Gasteiger partial charge in [0, 0.05) is 18.7 Å². The molecule has 0 spiro atoms. The fourth-order valence-electron chi connectivity index (χ4n) is 5.63. The summed E-state index contributed by atoms with van der Waals surface area (Å²) < 4.78 is 75.4. The molecule has 6 aromatic carbocycles. The van der Waals surface area contributed by atoms with E-state index in [1.165, 1.54) is 11.5 Å². The maximum absolute atomic E-state index is 12.6. The Morgan fingerprint density at radius 2 is 1.33 bits per heavy atom. The maximum atomic E-state index is 12.6. The Labute approximate surface area is 281 Å². The highest BCUT2D eigenvalue weighted by atomic mass is 32.2. The molecule has 14 heteroatoms. The van der Waals surface area contributed by atoms with Gasteiger partial charge in [-0.05, 0) is 92.8 Å². The van der Waals surface area contributed by atoms with E-state index in [0.717, 1.165) is 33.0 Å². The minimum absolute atomic E-state index is 0.0231. The van der Waals surface area contributed by atoms with Crippen LogP contribution in [0.1, 0.15) is 27.9 Å². The number of hydrogen-bond acceptors (Lipinski definition) is 9. The van der Waals surface area contributed by atoms with E-state index >= 15 is 0 Å². The zero-order chi connectivity index (χ0) is 34.8. The number of nitrogens with one attached hydrogen (secondary N) is 2. The predicted molar refractivity (Wildman–Crippen MR) is 182 cm³/mol. The van der Waals surface area contributed by atoms with E-state index in [2.05, 4.69) is 22.8 Å². The second-order valence-electron chi connectivity index (χ2n) is 11.3. The van der Waals surface area contributed by atoms with Gasteiger partial charge in [0.1, 0.15) is 12.4 Å². The van der Waals surface area contributed by atoms with Crippen molar-refractivity contribution in [3.05, 3.63) is 114 Å². The molecule has 49 heavy (non-hydrogen) atoms. The van der Waals surface area contributed by atoms with E-state index in [4.69, 9.17) is 14.0 Å². The molecule has 1 amide bonds. The Hall–Kier alpha value is -5.12. The van der Waals surface area contributed by atoms with E-state index in [1.807, 2.05) is 42.5 Å². The van der Waals surface area contributed by atoms with Gasteiger partial charge in [-0.25, -0.2) is 4.79 Å². The SMILES string of the molecule is O=C(OCc1ccc(C(=O)NCCCNCc2ccc(S(=O)(=O)O)cc2S(=O)(=O)O)cc1)Oc1cc2ccc3cccc4ccc(c1)c2c34. The zero-order valence-corrected chi connectivity index (χ0v) is 27.4. The highest BCUT2D eigenvalue weighted by Gasteiger charge is 2.20. The van der Waals surface area contributed by atoms with E-state index in [0.29, 0.717) is 42.5 Å². The molecule has 4 N–H and O–H groups in total. The van der Waals surface area contributed by atoms with Crippen LogP contribution in [0.2, 0.25) is 0 Å². The van der Waals surface area contributed by atoms with Crippen LogP contribution in [0.15, 0.2) is 107 Å². The maximum Gasteiger partial charge on any atom is 0.514 e. The van der Waals surface area contributed by atoms with Crippen LogP contribution in [0.25, 0.3) is 32.3 Å². The topological polar surface area (TPSA) is 185 Å². The highest BCUT2D eigenvalue weighted by Crippen LogP contribution is 2.36. The number of carbonyl (C=O) groups is 2. The lowest BCUT2D eigenvalue weighted by molar-refractivity contribution is 0.0922. The van der Waals surface area contributed by atoms with E-state index in [1.54, 1.807) is 24.3 Å². The summed E-state index contributed by atoms with van der Waals surface area (Å²) in [5, 5.41) is 12.2. The fraction of sp³-hybridized carbons (Fsp3) is 0.143. The van der Waals surface area contributed by atoms with Crippen LogP contribution in [-0.2, 0) is 38.1 Å². The molecule has 0 atom stereocenters. The Morgan fingerprint density at radius 3 is 1.96 bits per heavy atom. The average Bonchev–Trinajstić information content (AvgIpc) is 3.07. The molecule has 0 aliphatic carbocycles. The first-order valence-corrected chi connectivity index (χ1v) is 17.9. The number of ether oxygens (including phenoxy) is 2. The third-order valence-electron chi connectivity index (χ3n) is 7.96. The van der Waals surface area contributed by atoms with Crippen molar-refractivity contribution in [2.45, 2.75) is 29.4 Å². The van der Waals surface area contributed by atoms with Crippen LogP contribution in [0.3, 0.4) is 0 Å². The zero-order valence-electron chi connectivity index (χ0n) is 25.8. The summed E-state index contributed by atoms with van der Waals surface area (Å²) in [6.07, 6.45) is -0.385. The molecule has 0 aliphatic heterocycles. The Morgan fingerprint density at radius 1 is 0.694 bits per heavy atom. The van der Waals surface area contributed by atoms with Crippen molar-refractivity contribution in [2.75, 3.05) is 13.1 Å². The van der Waals surface area contributed by atoms with Gasteiger partial charge in [-0.15, -0.1) is 0 Å². The van der Waals surface area contributed by atoms with Crippen LogP contribution in [0.4, 0.5) is 4.79 Å². The van der Waals surface area contributed by atoms with Crippen LogP contribution in [-0.4, -0.2) is 51.1 Å². The molecule has 0 saturated carbocycles. The molecule has 0 saturated heterocycles. The van der Waals surface area contributed by atoms with E-state index < -0.39 is 36.2 Å². The summed E-state index contributed by atoms with van der Waals surface area (Å²) in [5.74, 6) is 0.0471. The first-order valence-electron chi connectivity index (χ1n) is 15.0. The van der Waals surface area contributed by atoms with Crippen molar-refractivity contribution in [3.63, 3.8) is 0 Å². The van der Waals surface area contributed by atoms with Gasteiger partial charge in [0.05, 0.1) is 9.79 Å². The highest BCUT2D eigenvalue weighted by molar-refractivity contribution is 7.86. The smallest absolute Gasteiger partial charge is 0.429 e. The van der Waals surface area contributed by atoms with Crippen LogP contribution in [0, 0.1) is 0 Å². The van der Waals surface area contributed by atoms with Gasteiger partial charge >= 0.3 is 6.16 Å². The van der Waals surface area contributed by atoms with E-state index in [-0.39, 0.29) is 24.6 Å². The largest absolute Gasteiger partial charge is 0.514 e. The minimum Gasteiger partial charge on any atom is -0.429 e. The second-order valence-corrected chi connectivity index (χ2v) is 14.1. The van der Waals surface area contributed by atoms with Crippen LogP contribution >= 0.6 is 0 Å². The molecule has 0 heterocycles. The molecule has 0 fully saturated rings. The van der Waals surface area contributed by atoms with Crippen molar-refractivity contribution < 1.29 is 45.0 Å². The summed E-state index contributed by atoms with van der Waals surface area (Å²) in [6, 6.07) is 27.3. The van der Waals surface area contributed by atoms with E-state index in [9.17, 15) is 31.0 Å². The Balaban J connectivity index is 0.950. The summed E-state index contributed by atoms with van der Waals surface area (Å²) in [4.78, 5) is 23.8. The summed E-state index contributed by atoms with van der Waals surface area (Å²) in [7, 11) is -9.41. The van der Waals surface area contributed by atoms with Gasteiger partial charge in [0.25, 0.3) is 26.1 Å². The molecule has 0 aromatic heterocycles. The van der Waals surface area contributed by atoms with Gasteiger partial charge in [0.2, 0.25) is 0 Å². The van der Waals surface area contributed by atoms with Crippen LogP contribution in [0.5, 0.6) is 5.75 Å². The second kappa shape index (κ2) is 13.8. The average molecular weight is 703 g/mol. The molecule has 0 radical (unpaired) electrons. The van der Waals surface area contributed by atoms with Crippen molar-refractivity contribution in [1.29, 1.82) is 0 Å². The number of amides is 1. The predicted octanol–water partition coefficient (Wildman–Crippen LogP) is 5.70. The van der Waals surface area contributed by atoms with Crippen molar-refractivity contribution in [3.8, 4) is 5.75 Å². The Kier molecular flexibility index (Phi) is 9.50. The molecule has 12 nitrogen and oxygen atoms in total. The third-order valence-corrected chi connectivity index (χ3v) is 9.74. The van der Waals surface area contributed by atoms with Gasteiger partial charge in [0.15, 0.2) is 0 Å². The quantitative estimate of drug-likeness (QED) is 0.0403. The lowest BCUT2D eigenvalue weighted by Gasteiger charge is -2.12. The van der Waals surface area contributed by atoms with Crippen molar-refractivity contribution >= 4 is 64.6 Å². The van der Waals surface area contributed by atoms with Gasteiger partial charge in [-0.1, -0.05) is 60.7 Å². The van der Waals surface area contributed by atoms with Gasteiger partial charge < -0.3 is 20.1 Å². The number of carbonyl (C=O) groups excluding carboxylic acids is 2. The van der Waals surface area contributed by atoms with Gasteiger partial charge in [-0.2, -0.15) is 16.8 Å². The molecule has 252 valence electrons. The molecule has 6 rings (SSSR count). The molecular formula is C35H30N2O10S2. The summed E-state index contributed by atoms with van der Waals surface area (Å²) in [5.41, 5.74) is 1.15. The number of hydrogen-bond donors (Lipinski definition) is 4. The van der Waals surface area contributed by atoms with Crippen molar-refractivity contribution in [1.82, 2.24) is 10.6 Å². The third kappa shape index (κ3) is 7.80. The number of rotatable bonds is 12.